The maximum absolute atomic E-state index is 12.6. The first-order valence-corrected chi connectivity index (χ1v) is 10.8. The number of hydrogen-bond acceptors (Lipinski definition) is 3. The first-order chi connectivity index (χ1) is 13.6. The number of rotatable bonds is 7. The average Bonchev–Trinajstić information content (AvgIpc) is 2.73. The predicted octanol–water partition coefficient (Wildman–Crippen LogP) is 3.18. The number of nitrogens with one attached hydrogen (secondary N) is 1. The number of benzene rings is 1. The molecule has 0 aromatic heterocycles. The summed E-state index contributed by atoms with van der Waals surface area (Å²) in [6.07, 6.45) is 7.40. The van der Waals surface area contributed by atoms with Crippen LogP contribution in [-0.2, 0) is 20.7 Å². The van der Waals surface area contributed by atoms with Gasteiger partial charge in [0.2, 0.25) is 11.8 Å². The summed E-state index contributed by atoms with van der Waals surface area (Å²) in [5, 5.41) is 3.01. The van der Waals surface area contributed by atoms with E-state index in [0.717, 1.165) is 31.4 Å². The number of carbonyl (C=O) groups is 2. The van der Waals surface area contributed by atoms with Gasteiger partial charge in [0.15, 0.2) is 0 Å². The molecule has 1 aliphatic heterocycles. The van der Waals surface area contributed by atoms with E-state index in [-0.39, 0.29) is 17.7 Å². The molecule has 0 unspecified atom stereocenters. The van der Waals surface area contributed by atoms with Gasteiger partial charge in [-0.05, 0) is 37.2 Å². The van der Waals surface area contributed by atoms with Crippen molar-refractivity contribution in [2.75, 3.05) is 26.2 Å². The van der Waals surface area contributed by atoms with Crippen molar-refractivity contribution in [3.05, 3.63) is 35.9 Å². The smallest absolute Gasteiger partial charge is 0.227 e. The number of amides is 2. The van der Waals surface area contributed by atoms with Gasteiger partial charge in [0.1, 0.15) is 0 Å². The van der Waals surface area contributed by atoms with Crippen LogP contribution in [0.2, 0.25) is 0 Å². The van der Waals surface area contributed by atoms with Crippen LogP contribution in [0.25, 0.3) is 0 Å². The Labute approximate surface area is 168 Å². The Morgan fingerprint density at radius 1 is 1.11 bits per heavy atom. The number of likely N-dealkylation sites (tertiary alicyclic amines) is 1. The van der Waals surface area contributed by atoms with Crippen LogP contribution >= 0.6 is 0 Å². The second-order valence-electron chi connectivity index (χ2n) is 8.30. The van der Waals surface area contributed by atoms with Crippen LogP contribution in [0.15, 0.2) is 30.3 Å². The Hall–Kier alpha value is -1.88. The Morgan fingerprint density at radius 2 is 1.89 bits per heavy atom. The fourth-order valence-electron chi connectivity index (χ4n) is 4.36. The van der Waals surface area contributed by atoms with Gasteiger partial charge in [-0.3, -0.25) is 9.59 Å². The largest absolute Gasteiger partial charge is 0.376 e. The topological polar surface area (TPSA) is 58.6 Å². The fourth-order valence-corrected chi connectivity index (χ4v) is 4.36. The summed E-state index contributed by atoms with van der Waals surface area (Å²) in [5.74, 6) is 0.671. The minimum Gasteiger partial charge on any atom is -0.376 e. The quantitative estimate of drug-likeness (QED) is 0.732. The van der Waals surface area contributed by atoms with Crippen molar-refractivity contribution in [2.24, 2.45) is 11.8 Å². The molecule has 28 heavy (non-hydrogen) atoms. The summed E-state index contributed by atoms with van der Waals surface area (Å²) < 4.78 is 5.98. The van der Waals surface area contributed by atoms with Crippen LogP contribution in [0.3, 0.4) is 0 Å². The third-order valence-corrected chi connectivity index (χ3v) is 6.11. The molecule has 1 heterocycles. The molecule has 2 aliphatic rings. The Balaban J connectivity index is 1.38. The van der Waals surface area contributed by atoms with E-state index in [1.807, 2.05) is 35.2 Å². The number of carbonyl (C=O) groups excluding carboxylic acids is 2. The Bertz CT molecular complexity index is 634. The van der Waals surface area contributed by atoms with Gasteiger partial charge in [-0.2, -0.15) is 0 Å². The van der Waals surface area contributed by atoms with Crippen molar-refractivity contribution >= 4 is 11.8 Å². The van der Waals surface area contributed by atoms with Gasteiger partial charge in [-0.15, -0.1) is 0 Å². The van der Waals surface area contributed by atoms with Crippen molar-refractivity contribution in [2.45, 2.75) is 58.0 Å². The van der Waals surface area contributed by atoms with Gasteiger partial charge in [0.25, 0.3) is 0 Å². The average molecular weight is 387 g/mol. The van der Waals surface area contributed by atoms with Crippen LogP contribution in [0.4, 0.5) is 0 Å². The number of hydrogen-bond donors (Lipinski definition) is 1. The normalized spacial score (nSPS) is 25.3. The molecule has 5 heteroatoms. The molecule has 0 spiro atoms. The van der Waals surface area contributed by atoms with E-state index in [1.54, 1.807) is 0 Å². The predicted molar refractivity (Wildman–Crippen MR) is 110 cm³/mol. The van der Waals surface area contributed by atoms with E-state index in [0.29, 0.717) is 38.1 Å². The van der Waals surface area contributed by atoms with Gasteiger partial charge in [-0.1, -0.05) is 50.1 Å². The van der Waals surface area contributed by atoms with E-state index in [4.69, 9.17) is 4.74 Å². The highest BCUT2D eigenvalue weighted by molar-refractivity contribution is 5.82. The summed E-state index contributed by atoms with van der Waals surface area (Å²) in [6.45, 7) is 4.66. The van der Waals surface area contributed by atoms with Crippen molar-refractivity contribution in [1.82, 2.24) is 10.2 Å². The monoisotopic (exact) mass is 386 g/mol. The van der Waals surface area contributed by atoms with Crippen molar-refractivity contribution in [3.8, 4) is 0 Å². The molecule has 3 rings (SSSR count). The molecule has 1 saturated carbocycles. The van der Waals surface area contributed by atoms with Crippen LogP contribution in [0.1, 0.15) is 51.0 Å². The summed E-state index contributed by atoms with van der Waals surface area (Å²) in [7, 11) is 0. The van der Waals surface area contributed by atoms with Gasteiger partial charge < -0.3 is 15.0 Å². The molecule has 0 bridgehead atoms. The van der Waals surface area contributed by atoms with Crippen molar-refractivity contribution < 1.29 is 14.3 Å². The van der Waals surface area contributed by atoms with Gasteiger partial charge in [-0.25, -0.2) is 0 Å². The standard InChI is InChI=1S/C23H34N2O3/c1-18-8-5-6-12-21(18)28-15-13-24-23(27)20-11-7-14-25(17-20)22(26)16-19-9-3-2-4-10-19/h2-4,9-10,18,20-21H,5-8,11-17H2,1H3,(H,24,27)/t18-,20+,21-/m1/s1. The molecule has 154 valence electrons. The highest BCUT2D eigenvalue weighted by Crippen LogP contribution is 2.26. The highest BCUT2D eigenvalue weighted by atomic mass is 16.5. The zero-order valence-electron chi connectivity index (χ0n) is 17.1. The first kappa shape index (κ1) is 20.8. The van der Waals surface area contributed by atoms with E-state index >= 15 is 0 Å². The molecule has 1 aromatic carbocycles. The molecule has 1 saturated heterocycles. The lowest BCUT2D eigenvalue weighted by Gasteiger charge is -2.32. The van der Waals surface area contributed by atoms with Crippen LogP contribution in [-0.4, -0.2) is 49.1 Å². The van der Waals surface area contributed by atoms with E-state index in [1.165, 1.54) is 19.3 Å². The number of ether oxygens (including phenoxy) is 1. The zero-order chi connectivity index (χ0) is 19.8. The maximum Gasteiger partial charge on any atom is 0.227 e. The Morgan fingerprint density at radius 3 is 2.68 bits per heavy atom. The van der Waals surface area contributed by atoms with Crippen LogP contribution in [0.5, 0.6) is 0 Å². The molecule has 5 nitrogen and oxygen atoms in total. The molecular formula is C23H34N2O3. The van der Waals surface area contributed by atoms with Gasteiger partial charge >= 0.3 is 0 Å². The highest BCUT2D eigenvalue weighted by Gasteiger charge is 2.28. The van der Waals surface area contributed by atoms with E-state index < -0.39 is 0 Å². The summed E-state index contributed by atoms with van der Waals surface area (Å²) >= 11 is 0. The lowest BCUT2D eigenvalue weighted by molar-refractivity contribution is -0.135. The van der Waals surface area contributed by atoms with Gasteiger partial charge in [0, 0.05) is 19.6 Å². The maximum atomic E-state index is 12.6. The molecule has 3 atom stereocenters. The molecule has 2 fully saturated rings. The fraction of sp³-hybridized carbons (Fsp3) is 0.652. The lowest BCUT2D eigenvalue weighted by atomic mass is 9.88. The van der Waals surface area contributed by atoms with E-state index in [2.05, 4.69) is 12.2 Å². The van der Waals surface area contributed by atoms with E-state index in [9.17, 15) is 9.59 Å². The van der Waals surface area contributed by atoms with Crippen molar-refractivity contribution in [1.29, 1.82) is 0 Å². The first-order valence-electron chi connectivity index (χ1n) is 10.8. The third kappa shape index (κ3) is 6.06. The van der Waals surface area contributed by atoms with Gasteiger partial charge in [0.05, 0.1) is 25.0 Å². The Kier molecular flexibility index (Phi) is 7.90. The molecule has 1 aliphatic carbocycles. The minimum absolute atomic E-state index is 0.0532. The molecular weight excluding hydrogens is 352 g/mol. The van der Waals surface area contributed by atoms with Crippen molar-refractivity contribution in [3.63, 3.8) is 0 Å². The SMILES string of the molecule is C[C@@H]1CCCC[C@H]1OCCNC(=O)[C@H]1CCCN(C(=O)Cc2ccccc2)C1. The third-order valence-electron chi connectivity index (χ3n) is 6.11. The molecule has 2 amide bonds. The summed E-state index contributed by atoms with van der Waals surface area (Å²) in [6, 6.07) is 9.79. The lowest BCUT2D eigenvalue weighted by Crippen LogP contribution is -2.46. The second kappa shape index (κ2) is 10.6. The molecule has 1 N–H and O–H groups in total. The molecule has 1 aromatic rings. The number of nitrogens with zero attached hydrogens (tertiary/aromatic N) is 1. The summed E-state index contributed by atoms with van der Waals surface area (Å²) in [5.41, 5.74) is 1.02. The zero-order valence-corrected chi connectivity index (χ0v) is 17.1. The minimum atomic E-state index is -0.109. The molecule has 0 radical (unpaired) electrons. The summed E-state index contributed by atoms with van der Waals surface area (Å²) in [4.78, 5) is 27.0. The second-order valence-corrected chi connectivity index (χ2v) is 8.30. The van der Waals surface area contributed by atoms with Crippen LogP contribution < -0.4 is 5.32 Å². The number of piperidine rings is 1. The van der Waals surface area contributed by atoms with Crippen LogP contribution in [0, 0.1) is 11.8 Å².